The molecule has 0 unspecified atom stereocenters. The summed E-state index contributed by atoms with van der Waals surface area (Å²) in [5.74, 6) is -1.06. The van der Waals surface area contributed by atoms with Gasteiger partial charge in [-0.3, -0.25) is 19.1 Å². The number of nitrogens with one attached hydrogen (secondary N) is 2. The molecule has 3 aromatic rings. The molecule has 2 amide bonds. The second-order valence-corrected chi connectivity index (χ2v) is 9.91. The standard InChI is InChI=1S/C22H24N6O4S/c1-28-16-14(17(27-28)26-18(29)13-2-9-33-10-13)24-12-25-15(16)19(30)23-11-21-3-6-22(7-4-21,8-5-21)20(31)32/h2,9-10,12H,3-8,11H2,1H3,(H,23,30)(H,31,32)(H,26,27,29). The molecule has 3 aliphatic carbocycles. The van der Waals surface area contributed by atoms with E-state index in [9.17, 15) is 19.5 Å². The number of aryl methyl sites for hydroxylation is 1. The Labute approximate surface area is 193 Å². The van der Waals surface area contributed by atoms with Crippen molar-refractivity contribution in [2.45, 2.75) is 38.5 Å². The first kappa shape index (κ1) is 21.5. The molecule has 3 saturated carbocycles. The number of aliphatic carboxylic acids is 1. The Morgan fingerprint density at radius 3 is 2.48 bits per heavy atom. The number of hydrogen-bond donors (Lipinski definition) is 3. The first-order chi connectivity index (χ1) is 15.8. The zero-order chi connectivity index (χ0) is 23.2. The van der Waals surface area contributed by atoms with E-state index >= 15 is 0 Å². The fourth-order valence-electron chi connectivity index (χ4n) is 5.13. The van der Waals surface area contributed by atoms with Crippen molar-refractivity contribution in [2.75, 3.05) is 11.9 Å². The Balaban J connectivity index is 1.33. The summed E-state index contributed by atoms with van der Waals surface area (Å²) in [4.78, 5) is 45.6. The molecule has 3 aromatic heterocycles. The number of nitrogens with zero attached hydrogens (tertiary/aromatic N) is 4. The van der Waals surface area contributed by atoms with Crippen LogP contribution < -0.4 is 10.6 Å². The van der Waals surface area contributed by atoms with Crippen LogP contribution in [-0.2, 0) is 11.8 Å². The molecule has 3 aliphatic rings. The third-order valence-electron chi connectivity index (χ3n) is 7.33. The van der Waals surface area contributed by atoms with E-state index in [1.807, 2.05) is 5.38 Å². The fraction of sp³-hybridized carbons (Fsp3) is 0.455. The zero-order valence-corrected chi connectivity index (χ0v) is 18.9. The molecule has 0 saturated heterocycles. The van der Waals surface area contributed by atoms with E-state index in [-0.39, 0.29) is 28.7 Å². The van der Waals surface area contributed by atoms with E-state index in [0.717, 1.165) is 19.3 Å². The molecule has 2 bridgehead atoms. The van der Waals surface area contributed by atoms with Gasteiger partial charge in [0, 0.05) is 19.0 Å². The second kappa shape index (κ2) is 7.91. The topological polar surface area (TPSA) is 139 Å². The van der Waals surface area contributed by atoms with Crippen molar-refractivity contribution in [1.29, 1.82) is 0 Å². The zero-order valence-electron chi connectivity index (χ0n) is 18.1. The van der Waals surface area contributed by atoms with Crippen molar-refractivity contribution in [2.24, 2.45) is 17.9 Å². The van der Waals surface area contributed by atoms with Crippen molar-refractivity contribution < 1.29 is 19.5 Å². The van der Waals surface area contributed by atoms with Crippen molar-refractivity contribution in [3.05, 3.63) is 34.4 Å². The summed E-state index contributed by atoms with van der Waals surface area (Å²) in [5.41, 5.74) is 0.894. The van der Waals surface area contributed by atoms with E-state index in [1.54, 1.807) is 18.5 Å². The van der Waals surface area contributed by atoms with Crippen LogP contribution in [0.1, 0.15) is 59.4 Å². The quantitative estimate of drug-likeness (QED) is 0.505. The van der Waals surface area contributed by atoms with Crippen LogP contribution in [0, 0.1) is 10.8 Å². The molecule has 172 valence electrons. The van der Waals surface area contributed by atoms with Crippen molar-refractivity contribution in [1.82, 2.24) is 25.1 Å². The number of fused-ring (bicyclic) bond motifs is 4. The summed E-state index contributed by atoms with van der Waals surface area (Å²) in [6.07, 6.45) is 5.65. The lowest BCUT2D eigenvalue weighted by molar-refractivity contribution is -0.158. The smallest absolute Gasteiger partial charge is 0.309 e. The molecule has 11 heteroatoms. The van der Waals surface area contributed by atoms with E-state index in [1.165, 1.54) is 22.3 Å². The first-order valence-electron chi connectivity index (χ1n) is 10.9. The van der Waals surface area contributed by atoms with Gasteiger partial charge >= 0.3 is 5.97 Å². The minimum atomic E-state index is -0.693. The lowest BCUT2D eigenvalue weighted by atomic mass is 9.53. The van der Waals surface area contributed by atoms with Crippen LogP contribution in [0.25, 0.3) is 11.0 Å². The number of carbonyl (C=O) groups is 3. The van der Waals surface area contributed by atoms with Crippen LogP contribution >= 0.6 is 11.3 Å². The number of carbonyl (C=O) groups excluding carboxylic acids is 2. The Bertz CT molecular complexity index is 1230. The fourth-order valence-corrected chi connectivity index (χ4v) is 5.77. The molecule has 0 radical (unpaired) electrons. The number of thiophene rings is 1. The van der Waals surface area contributed by atoms with E-state index in [4.69, 9.17) is 0 Å². The van der Waals surface area contributed by atoms with Gasteiger partial charge in [0.05, 0.1) is 11.0 Å². The lowest BCUT2D eigenvalue weighted by Gasteiger charge is -2.51. The Hall–Kier alpha value is -3.34. The molecule has 6 rings (SSSR count). The summed E-state index contributed by atoms with van der Waals surface area (Å²) in [7, 11) is 1.68. The normalized spacial score (nSPS) is 24.0. The molecule has 33 heavy (non-hydrogen) atoms. The van der Waals surface area contributed by atoms with Gasteiger partial charge in [0.1, 0.15) is 17.4 Å². The molecule has 10 nitrogen and oxygen atoms in total. The van der Waals surface area contributed by atoms with Crippen LogP contribution in [-0.4, -0.2) is 49.2 Å². The minimum absolute atomic E-state index is 0.0644. The average molecular weight is 469 g/mol. The summed E-state index contributed by atoms with van der Waals surface area (Å²) in [5, 5.41) is 23.3. The van der Waals surface area contributed by atoms with Crippen molar-refractivity contribution >= 4 is 46.0 Å². The van der Waals surface area contributed by atoms with Gasteiger partial charge in [-0.1, -0.05) is 0 Å². The lowest BCUT2D eigenvalue weighted by Crippen LogP contribution is -2.50. The molecular formula is C22H24N6O4S. The Morgan fingerprint density at radius 1 is 1.12 bits per heavy atom. The van der Waals surface area contributed by atoms with Gasteiger partial charge in [-0.2, -0.15) is 16.4 Å². The SMILES string of the molecule is Cn1nc(NC(=O)c2ccsc2)c2ncnc(C(=O)NCC34CCC(C(=O)O)(CC3)CC4)c21. The summed E-state index contributed by atoms with van der Waals surface area (Å²) >= 11 is 1.42. The number of rotatable bonds is 6. The van der Waals surface area contributed by atoms with Crippen molar-refractivity contribution in [3.8, 4) is 0 Å². The number of hydrogen-bond acceptors (Lipinski definition) is 7. The molecule has 0 atom stereocenters. The average Bonchev–Trinajstić information content (AvgIpc) is 3.48. The number of anilines is 1. The monoisotopic (exact) mass is 468 g/mol. The van der Waals surface area contributed by atoms with Crippen molar-refractivity contribution in [3.63, 3.8) is 0 Å². The van der Waals surface area contributed by atoms with Crippen LogP contribution in [0.5, 0.6) is 0 Å². The highest BCUT2D eigenvalue weighted by Crippen LogP contribution is 2.56. The number of aromatic nitrogens is 4. The molecule has 0 aliphatic heterocycles. The predicted octanol–water partition coefficient (Wildman–Crippen LogP) is 2.83. The number of amides is 2. The molecule has 3 heterocycles. The predicted molar refractivity (Wildman–Crippen MR) is 121 cm³/mol. The van der Waals surface area contributed by atoms with E-state index < -0.39 is 11.4 Å². The Kier molecular flexibility index (Phi) is 5.15. The van der Waals surface area contributed by atoms with Gasteiger partial charge in [0.15, 0.2) is 11.5 Å². The molecule has 0 aromatic carbocycles. The second-order valence-electron chi connectivity index (χ2n) is 9.13. The first-order valence-corrected chi connectivity index (χ1v) is 11.8. The molecule has 3 N–H and O–H groups in total. The molecule has 0 spiro atoms. The largest absolute Gasteiger partial charge is 0.481 e. The van der Waals surface area contributed by atoms with Gasteiger partial charge in [-0.05, 0) is 55.4 Å². The maximum atomic E-state index is 13.1. The van der Waals surface area contributed by atoms with Gasteiger partial charge < -0.3 is 15.7 Å². The molecule has 3 fully saturated rings. The van der Waals surface area contributed by atoms with Crippen LogP contribution in [0.2, 0.25) is 0 Å². The van der Waals surface area contributed by atoms with E-state index in [0.29, 0.717) is 42.4 Å². The number of carboxylic acid groups (broad SMARTS) is 1. The van der Waals surface area contributed by atoms with Gasteiger partial charge in [-0.15, -0.1) is 0 Å². The van der Waals surface area contributed by atoms with Crippen LogP contribution in [0.3, 0.4) is 0 Å². The maximum Gasteiger partial charge on any atom is 0.309 e. The highest BCUT2D eigenvalue weighted by atomic mass is 32.1. The van der Waals surface area contributed by atoms with Gasteiger partial charge in [0.2, 0.25) is 0 Å². The highest BCUT2D eigenvalue weighted by Gasteiger charge is 2.52. The molecular weight excluding hydrogens is 444 g/mol. The van der Waals surface area contributed by atoms with Gasteiger partial charge in [-0.25, -0.2) is 9.97 Å². The summed E-state index contributed by atoms with van der Waals surface area (Å²) in [6.45, 7) is 0.479. The Morgan fingerprint density at radius 2 is 1.85 bits per heavy atom. The summed E-state index contributed by atoms with van der Waals surface area (Å²) < 4.78 is 1.49. The van der Waals surface area contributed by atoms with Gasteiger partial charge in [0.25, 0.3) is 11.8 Å². The number of carboxylic acids is 1. The summed E-state index contributed by atoms with van der Waals surface area (Å²) in [6, 6.07) is 1.72. The highest BCUT2D eigenvalue weighted by molar-refractivity contribution is 7.08. The van der Waals surface area contributed by atoms with Crippen LogP contribution in [0.4, 0.5) is 5.82 Å². The minimum Gasteiger partial charge on any atom is -0.481 e. The third kappa shape index (κ3) is 3.65. The van der Waals surface area contributed by atoms with E-state index in [2.05, 4.69) is 25.7 Å². The third-order valence-corrected chi connectivity index (χ3v) is 8.01. The maximum absolute atomic E-state index is 13.1. The van der Waals surface area contributed by atoms with Crippen LogP contribution in [0.15, 0.2) is 23.2 Å².